The van der Waals surface area contributed by atoms with E-state index in [-0.39, 0.29) is 24.7 Å². The fraction of sp³-hybridized carbons (Fsp3) is 1.00. The van der Waals surface area contributed by atoms with Crippen LogP contribution in [0.2, 0.25) is 0 Å². The normalized spacial score (nSPS) is 13.7. The Morgan fingerprint density at radius 1 is 1.11 bits per heavy atom. The van der Waals surface area contributed by atoms with Gasteiger partial charge in [-0.1, -0.05) is 0 Å². The van der Waals surface area contributed by atoms with Crippen LogP contribution in [0.3, 0.4) is 0 Å². The first-order chi connectivity index (χ1) is 8.47. The van der Waals surface area contributed by atoms with E-state index < -0.39 is 31.2 Å². The predicted molar refractivity (Wildman–Crippen MR) is 73.6 cm³/mol. The highest BCUT2D eigenvalue weighted by Crippen LogP contribution is 2.11. The molecule has 0 saturated heterocycles. The molecule has 0 saturated carbocycles. The highest BCUT2D eigenvalue weighted by atomic mass is 35.5. The lowest BCUT2D eigenvalue weighted by atomic mass is 10.0. The van der Waals surface area contributed by atoms with Crippen molar-refractivity contribution in [2.45, 2.75) is 25.8 Å². The van der Waals surface area contributed by atoms with E-state index in [1.54, 1.807) is 13.8 Å². The lowest BCUT2D eigenvalue weighted by Crippen LogP contribution is -2.35. The summed E-state index contributed by atoms with van der Waals surface area (Å²) in [6.45, 7) is 3.21. The van der Waals surface area contributed by atoms with E-state index in [1.807, 2.05) is 0 Å². The minimum Gasteiger partial charge on any atom is -0.379 e. The molecule has 0 atom stereocenters. The minimum atomic E-state index is -4.07. The van der Waals surface area contributed by atoms with Crippen LogP contribution in [0, 0.1) is 0 Å². The van der Waals surface area contributed by atoms with Gasteiger partial charge in [0.15, 0.2) is 9.84 Å². The van der Waals surface area contributed by atoms with Gasteiger partial charge in [0.05, 0.1) is 30.5 Å². The SMILES string of the molecule is CC(C)(CCS(=O)(=O)CCOCCS(=O)(=O)O)NCl. The Hall–Kier alpha value is 0.0700. The quantitative estimate of drug-likeness (QED) is 0.333. The van der Waals surface area contributed by atoms with Crippen molar-refractivity contribution in [1.29, 1.82) is 0 Å². The number of ether oxygens (including phenoxy) is 1. The zero-order valence-corrected chi connectivity index (χ0v) is 13.3. The second kappa shape index (κ2) is 7.75. The van der Waals surface area contributed by atoms with Crippen LogP contribution < -0.4 is 4.84 Å². The third kappa shape index (κ3) is 11.6. The maximum absolute atomic E-state index is 11.6. The van der Waals surface area contributed by atoms with Gasteiger partial charge in [-0.15, -0.1) is 0 Å². The van der Waals surface area contributed by atoms with Crippen LogP contribution in [-0.2, 0) is 24.7 Å². The zero-order chi connectivity index (χ0) is 15.2. The molecule has 2 N–H and O–H groups in total. The summed E-state index contributed by atoms with van der Waals surface area (Å²) in [4.78, 5) is 2.49. The first kappa shape index (κ1) is 19.1. The molecule has 0 aromatic rings. The number of nitrogens with one attached hydrogen (secondary N) is 1. The first-order valence-electron chi connectivity index (χ1n) is 5.59. The van der Waals surface area contributed by atoms with Crippen LogP contribution in [-0.4, -0.2) is 57.4 Å². The number of hydrogen-bond acceptors (Lipinski definition) is 6. The molecule has 7 nitrogen and oxygen atoms in total. The largest absolute Gasteiger partial charge is 0.379 e. The van der Waals surface area contributed by atoms with Gasteiger partial charge in [0.1, 0.15) is 0 Å². The van der Waals surface area contributed by atoms with E-state index >= 15 is 0 Å². The van der Waals surface area contributed by atoms with Crippen LogP contribution in [0.5, 0.6) is 0 Å². The lowest BCUT2D eigenvalue weighted by Gasteiger charge is -2.21. The van der Waals surface area contributed by atoms with E-state index in [9.17, 15) is 16.8 Å². The highest BCUT2D eigenvalue weighted by molar-refractivity contribution is 7.91. The predicted octanol–water partition coefficient (Wildman–Crippen LogP) is 0.218. The average molecular weight is 338 g/mol. The Balaban J connectivity index is 3.93. The summed E-state index contributed by atoms with van der Waals surface area (Å²) in [6, 6.07) is 0. The molecule has 0 bridgehead atoms. The van der Waals surface area contributed by atoms with Crippen molar-refractivity contribution in [1.82, 2.24) is 4.84 Å². The average Bonchev–Trinajstić information content (AvgIpc) is 2.25. The summed E-state index contributed by atoms with van der Waals surface area (Å²) >= 11 is 5.46. The van der Waals surface area contributed by atoms with Gasteiger partial charge in [0.25, 0.3) is 10.1 Å². The van der Waals surface area contributed by atoms with Gasteiger partial charge in [-0.25, -0.2) is 13.3 Å². The summed E-state index contributed by atoms with van der Waals surface area (Å²) in [5, 5.41) is 0. The monoisotopic (exact) mass is 337 g/mol. The number of rotatable bonds is 10. The summed E-state index contributed by atoms with van der Waals surface area (Å²) in [7, 11) is -7.35. The molecule has 0 aliphatic rings. The number of hydrogen-bond donors (Lipinski definition) is 2. The van der Waals surface area contributed by atoms with Crippen LogP contribution in [0.4, 0.5) is 0 Å². The maximum atomic E-state index is 11.6. The van der Waals surface area contributed by atoms with Crippen molar-refractivity contribution in [2.75, 3.05) is 30.5 Å². The molecule has 0 heterocycles. The van der Waals surface area contributed by atoms with Gasteiger partial charge in [0.2, 0.25) is 0 Å². The van der Waals surface area contributed by atoms with E-state index in [1.165, 1.54) is 0 Å². The highest BCUT2D eigenvalue weighted by Gasteiger charge is 2.20. The molecule has 0 aromatic carbocycles. The smallest absolute Gasteiger partial charge is 0.267 e. The summed E-state index contributed by atoms with van der Waals surface area (Å²) < 4.78 is 57.3. The van der Waals surface area contributed by atoms with Crippen LogP contribution in [0.25, 0.3) is 0 Å². The molecule has 0 amide bonds. The van der Waals surface area contributed by atoms with Crippen molar-refractivity contribution < 1.29 is 26.1 Å². The second-order valence-corrected chi connectivity index (χ2v) is 8.84. The molecule has 0 unspecified atom stereocenters. The third-order valence-electron chi connectivity index (χ3n) is 2.32. The van der Waals surface area contributed by atoms with E-state index in [2.05, 4.69) is 4.84 Å². The molecule has 0 aromatic heterocycles. The van der Waals surface area contributed by atoms with Crippen LogP contribution in [0.1, 0.15) is 20.3 Å². The minimum absolute atomic E-state index is 0.0403. The van der Waals surface area contributed by atoms with Crippen molar-refractivity contribution in [3.63, 3.8) is 0 Å². The number of sulfone groups is 1. The molecule has 0 fully saturated rings. The Kier molecular flexibility index (Phi) is 7.78. The van der Waals surface area contributed by atoms with Crippen molar-refractivity contribution in [3.05, 3.63) is 0 Å². The topological polar surface area (TPSA) is 110 Å². The first-order valence-corrected chi connectivity index (χ1v) is 9.39. The van der Waals surface area contributed by atoms with Gasteiger partial charge in [0, 0.05) is 5.54 Å². The van der Waals surface area contributed by atoms with E-state index in [0.717, 1.165) is 0 Å². The van der Waals surface area contributed by atoms with Gasteiger partial charge in [-0.2, -0.15) is 8.42 Å². The molecular weight excluding hydrogens is 318 g/mol. The Morgan fingerprint density at radius 3 is 2.11 bits per heavy atom. The lowest BCUT2D eigenvalue weighted by molar-refractivity contribution is 0.163. The van der Waals surface area contributed by atoms with E-state index in [0.29, 0.717) is 6.42 Å². The molecule has 0 rings (SSSR count). The van der Waals surface area contributed by atoms with Gasteiger partial charge in [-0.3, -0.25) is 4.55 Å². The summed E-state index contributed by atoms with van der Waals surface area (Å²) in [5.41, 5.74) is -0.486. The molecule has 0 aliphatic carbocycles. The van der Waals surface area contributed by atoms with Gasteiger partial charge in [-0.05, 0) is 32.0 Å². The fourth-order valence-corrected chi connectivity index (χ4v) is 2.83. The van der Waals surface area contributed by atoms with Gasteiger partial charge < -0.3 is 4.74 Å². The van der Waals surface area contributed by atoms with Crippen molar-refractivity contribution in [2.24, 2.45) is 0 Å². The molecule has 10 heteroatoms. The molecule has 0 spiro atoms. The zero-order valence-electron chi connectivity index (χ0n) is 10.9. The molecule has 0 radical (unpaired) electrons. The van der Waals surface area contributed by atoms with Crippen molar-refractivity contribution >= 4 is 31.7 Å². The second-order valence-electron chi connectivity index (χ2n) is 4.78. The van der Waals surface area contributed by atoms with Crippen molar-refractivity contribution in [3.8, 4) is 0 Å². The number of halogens is 1. The van der Waals surface area contributed by atoms with Crippen LogP contribution >= 0.6 is 11.8 Å². The summed E-state index contributed by atoms with van der Waals surface area (Å²) in [5.74, 6) is -0.783. The Labute approximate surface area is 119 Å². The fourth-order valence-electron chi connectivity index (χ4n) is 1.01. The molecule has 0 aliphatic heterocycles. The molecule has 116 valence electrons. The standard InChI is InChI=1S/C9H20ClNO6S2/c1-9(2,11-10)3-6-18(12,13)7-4-17-5-8-19(14,15)16/h11H,3-8H2,1-2H3,(H,14,15,16). The van der Waals surface area contributed by atoms with E-state index in [4.69, 9.17) is 21.1 Å². The third-order valence-corrected chi connectivity index (χ3v) is 5.13. The Morgan fingerprint density at radius 2 is 1.63 bits per heavy atom. The van der Waals surface area contributed by atoms with Gasteiger partial charge >= 0.3 is 0 Å². The molecular formula is C9H20ClNO6S2. The maximum Gasteiger partial charge on any atom is 0.267 e. The Bertz CT molecular complexity index is 459. The van der Waals surface area contributed by atoms with Crippen LogP contribution in [0.15, 0.2) is 0 Å². The summed E-state index contributed by atoms with van der Waals surface area (Å²) in [6.07, 6.45) is 0.351. The molecule has 19 heavy (non-hydrogen) atoms.